The van der Waals surface area contributed by atoms with E-state index in [2.05, 4.69) is 22.8 Å². The topological polar surface area (TPSA) is 38.3 Å². The number of ether oxygens (including phenoxy) is 1. The lowest BCUT2D eigenvalue weighted by Crippen LogP contribution is -2.25. The fourth-order valence-corrected chi connectivity index (χ4v) is 3.76. The zero-order valence-electron chi connectivity index (χ0n) is 12.7. The zero-order valence-corrected chi connectivity index (χ0v) is 14.3. The van der Waals surface area contributed by atoms with Gasteiger partial charge in [0.05, 0.1) is 5.56 Å². The second kappa shape index (κ2) is 9.66. The predicted molar refractivity (Wildman–Crippen MR) is 93.8 cm³/mol. The summed E-state index contributed by atoms with van der Waals surface area (Å²) in [6, 6.07) is 11.9. The summed E-state index contributed by atoms with van der Waals surface area (Å²) < 4.78 is 5.27. The van der Waals surface area contributed by atoms with Crippen molar-refractivity contribution in [1.29, 1.82) is 0 Å². The molecule has 1 aromatic carbocycles. The number of thioether (sulfide) groups is 1. The molecule has 0 unspecified atom stereocenters. The van der Waals surface area contributed by atoms with Gasteiger partial charge in [-0.05, 0) is 36.9 Å². The fourth-order valence-electron chi connectivity index (χ4n) is 1.94. The van der Waals surface area contributed by atoms with Crippen LogP contribution in [-0.4, -0.2) is 25.7 Å². The molecule has 22 heavy (non-hydrogen) atoms. The molecular weight excluding hydrogens is 314 g/mol. The van der Waals surface area contributed by atoms with Gasteiger partial charge in [0, 0.05) is 35.3 Å². The zero-order chi connectivity index (χ0) is 15.6. The van der Waals surface area contributed by atoms with Crippen LogP contribution < -0.4 is 5.32 Å². The molecule has 0 aliphatic rings. The number of benzene rings is 1. The molecule has 1 N–H and O–H groups in total. The number of carbonyl (C=O) groups is 1. The van der Waals surface area contributed by atoms with Crippen molar-refractivity contribution < 1.29 is 9.53 Å². The van der Waals surface area contributed by atoms with Crippen LogP contribution in [0.25, 0.3) is 0 Å². The van der Waals surface area contributed by atoms with Crippen LogP contribution in [0.1, 0.15) is 28.6 Å². The van der Waals surface area contributed by atoms with Gasteiger partial charge in [0.2, 0.25) is 0 Å². The number of nitrogens with one attached hydrogen (secondary N) is 1. The Kier molecular flexibility index (Phi) is 7.49. The molecule has 0 aliphatic carbocycles. The van der Waals surface area contributed by atoms with Gasteiger partial charge in [0.1, 0.15) is 0 Å². The molecule has 1 heterocycles. The second-order valence-electron chi connectivity index (χ2n) is 4.67. The average Bonchev–Trinajstić information content (AvgIpc) is 3.06. The summed E-state index contributed by atoms with van der Waals surface area (Å²) in [5.41, 5.74) is 0.750. The maximum atomic E-state index is 12.3. The summed E-state index contributed by atoms with van der Waals surface area (Å²) in [7, 11) is 0. The highest BCUT2D eigenvalue weighted by Crippen LogP contribution is 2.27. The molecule has 0 saturated carbocycles. The van der Waals surface area contributed by atoms with E-state index >= 15 is 0 Å². The Bertz CT molecular complexity index is 570. The Balaban J connectivity index is 1.88. The largest absolute Gasteiger partial charge is 0.382 e. The van der Waals surface area contributed by atoms with Gasteiger partial charge >= 0.3 is 0 Å². The van der Waals surface area contributed by atoms with Crippen LogP contribution in [0.2, 0.25) is 0 Å². The number of hydrogen-bond donors (Lipinski definition) is 1. The van der Waals surface area contributed by atoms with Crippen molar-refractivity contribution in [2.45, 2.75) is 24.0 Å². The molecule has 5 heteroatoms. The van der Waals surface area contributed by atoms with Crippen LogP contribution in [0.5, 0.6) is 0 Å². The maximum absolute atomic E-state index is 12.3. The van der Waals surface area contributed by atoms with E-state index in [1.807, 2.05) is 31.2 Å². The van der Waals surface area contributed by atoms with Crippen LogP contribution in [0.4, 0.5) is 0 Å². The van der Waals surface area contributed by atoms with E-state index in [0.29, 0.717) is 13.2 Å². The third-order valence-corrected chi connectivity index (χ3v) is 5.22. The van der Waals surface area contributed by atoms with Crippen LogP contribution in [0.3, 0.4) is 0 Å². The summed E-state index contributed by atoms with van der Waals surface area (Å²) in [6.45, 7) is 4.02. The van der Waals surface area contributed by atoms with E-state index in [9.17, 15) is 4.79 Å². The minimum absolute atomic E-state index is 0.00854. The molecule has 118 valence electrons. The molecular formula is C17H21NO2S2. The Morgan fingerprint density at radius 3 is 2.91 bits per heavy atom. The van der Waals surface area contributed by atoms with E-state index in [4.69, 9.17) is 4.74 Å². The first-order valence-electron chi connectivity index (χ1n) is 7.41. The quantitative estimate of drug-likeness (QED) is 0.551. The van der Waals surface area contributed by atoms with Crippen molar-refractivity contribution in [3.8, 4) is 0 Å². The predicted octanol–water partition coefficient (Wildman–Crippen LogP) is 4.20. The van der Waals surface area contributed by atoms with Crippen molar-refractivity contribution in [1.82, 2.24) is 5.32 Å². The maximum Gasteiger partial charge on any atom is 0.252 e. The van der Waals surface area contributed by atoms with Crippen LogP contribution >= 0.6 is 23.1 Å². The second-order valence-corrected chi connectivity index (χ2v) is 6.72. The lowest BCUT2D eigenvalue weighted by Gasteiger charge is -2.09. The highest BCUT2D eigenvalue weighted by atomic mass is 32.2. The first-order chi connectivity index (χ1) is 10.8. The fraction of sp³-hybridized carbons (Fsp3) is 0.353. The number of amides is 1. The van der Waals surface area contributed by atoms with Gasteiger partial charge in [0.15, 0.2) is 0 Å². The standard InChI is InChI=1S/C17H21NO2S2/c1-2-20-11-6-10-18-17(19)15-8-3-4-9-16(15)22-13-14-7-5-12-21-14/h3-5,7-9,12H,2,6,10-11,13H2,1H3,(H,18,19). The first-order valence-corrected chi connectivity index (χ1v) is 9.28. The monoisotopic (exact) mass is 335 g/mol. The summed E-state index contributed by atoms with van der Waals surface area (Å²) in [5.74, 6) is 0.887. The minimum Gasteiger partial charge on any atom is -0.382 e. The third kappa shape index (κ3) is 5.48. The van der Waals surface area contributed by atoms with Crippen molar-refractivity contribution in [3.05, 3.63) is 52.2 Å². The van der Waals surface area contributed by atoms with E-state index < -0.39 is 0 Å². The van der Waals surface area contributed by atoms with Crippen molar-refractivity contribution in [2.75, 3.05) is 19.8 Å². The minimum atomic E-state index is -0.00854. The van der Waals surface area contributed by atoms with Crippen LogP contribution in [0.15, 0.2) is 46.7 Å². The number of carbonyl (C=O) groups excluding carboxylic acids is 1. The number of thiophene rings is 1. The highest BCUT2D eigenvalue weighted by molar-refractivity contribution is 7.98. The number of hydrogen-bond acceptors (Lipinski definition) is 4. The molecule has 0 bridgehead atoms. The van der Waals surface area contributed by atoms with Crippen molar-refractivity contribution >= 4 is 29.0 Å². The molecule has 3 nitrogen and oxygen atoms in total. The Labute approximate surface area is 140 Å². The smallest absolute Gasteiger partial charge is 0.252 e. The molecule has 0 aliphatic heterocycles. The summed E-state index contributed by atoms with van der Waals surface area (Å²) in [5, 5.41) is 5.04. The van der Waals surface area contributed by atoms with Gasteiger partial charge in [-0.1, -0.05) is 18.2 Å². The van der Waals surface area contributed by atoms with E-state index in [-0.39, 0.29) is 5.91 Å². The van der Waals surface area contributed by atoms with E-state index in [1.54, 1.807) is 23.1 Å². The van der Waals surface area contributed by atoms with Gasteiger partial charge in [-0.2, -0.15) is 0 Å². The van der Waals surface area contributed by atoms with E-state index in [1.165, 1.54) is 4.88 Å². The van der Waals surface area contributed by atoms with Crippen molar-refractivity contribution in [3.63, 3.8) is 0 Å². The molecule has 0 saturated heterocycles. The summed E-state index contributed by atoms with van der Waals surface area (Å²) in [4.78, 5) is 14.6. The molecule has 1 amide bonds. The Morgan fingerprint density at radius 1 is 1.27 bits per heavy atom. The highest BCUT2D eigenvalue weighted by Gasteiger charge is 2.11. The van der Waals surface area contributed by atoms with Gasteiger partial charge in [-0.25, -0.2) is 0 Å². The summed E-state index contributed by atoms with van der Waals surface area (Å²) >= 11 is 3.45. The van der Waals surface area contributed by atoms with Crippen molar-refractivity contribution in [2.24, 2.45) is 0 Å². The lowest BCUT2D eigenvalue weighted by atomic mass is 10.2. The Morgan fingerprint density at radius 2 is 2.14 bits per heavy atom. The van der Waals surface area contributed by atoms with Gasteiger partial charge in [-0.15, -0.1) is 23.1 Å². The van der Waals surface area contributed by atoms with E-state index in [0.717, 1.165) is 29.2 Å². The van der Waals surface area contributed by atoms with Gasteiger partial charge in [0.25, 0.3) is 5.91 Å². The molecule has 0 spiro atoms. The third-order valence-electron chi connectivity index (χ3n) is 3.04. The molecule has 2 rings (SSSR count). The SMILES string of the molecule is CCOCCCNC(=O)c1ccccc1SCc1cccs1. The van der Waals surface area contributed by atoms with Crippen LogP contribution in [0, 0.1) is 0 Å². The van der Waals surface area contributed by atoms with Gasteiger partial charge in [-0.3, -0.25) is 4.79 Å². The summed E-state index contributed by atoms with van der Waals surface area (Å²) in [6.07, 6.45) is 0.837. The molecule has 0 fully saturated rings. The average molecular weight is 335 g/mol. The molecule has 0 atom stereocenters. The first kappa shape index (κ1) is 17.1. The molecule has 1 aromatic heterocycles. The van der Waals surface area contributed by atoms with Crippen LogP contribution in [-0.2, 0) is 10.5 Å². The van der Waals surface area contributed by atoms with Gasteiger partial charge < -0.3 is 10.1 Å². The lowest BCUT2D eigenvalue weighted by molar-refractivity contribution is 0.0941. The molecule has 0 radical (unpaired) electrons. The normalized spacial score (nSPS) is 10.6. The Hall–Kier alpha value is -1.30. The molecule has 2 aromatic rings. The number of rotatable bonds is 9.